The van der Waals surface area contributed by atoms with Gasteiger partial charge in [0.2, 0.25) is 5.95 Å². The second-order valence-corrected chi connectivity index (χ2v) is 8.87. The highest BCUT2D eigenvalue weighted by atomic mass is 32.1. The van der Waals surface area contributed by atoms with E-state index in [1.54, 1.807) is 35.6 Å². The molecular weight excluding hydrogens is 472 g/mol. The molecule has 0 radical (unpaired) electrons. The van der Waals surface area contributed by atoms with Gasteiger partial charge in [-0.15, -0.1) is 11.3 Å². The molecule has 5 aromatic rings. The Morgan fingerprint density at radius 3 is 2.60 bits per heavy atom. The van der Waals surface area contributed by atoms with Gasteiger partial charge in [-0.3, -0.25) is 4.57 Å². The number of methoxy groups -OCH3 is 1. The van der Waals surface area contributed by atoms with Gasteiger partial charge in [0.25, 0.3) is 0 Å². The van der Waals surface area contributed by atoms with E-state index in [-0.39, 0.29) is 18.2 Å². The summed E-state index contributed by atoms with van der Waals surface area (Å²) in [5, 5.41) is 5.24. The fraction of sp³-hybridized carbons (Fsp3) is 0.160. The van der Waals surface area contributed by atoms with E-state index in [1.807, 2.05) is 24.4 Å². The van der Waals surface area contributed by atoms with Crippen LogP contribution in [-0.4, -0.2) is 26.2 Å². The Kier molecular flexibility index (Phi) is 6.04. The third-order valence-corrected chi connectivity index (χ3v) is 6.73. The van der Waals surface area contributed by atoms with Crippen molar-refractivity contribution < 1.29 is 13.5 Å². The number of aromatic nitrogens is 4. The second kappa shape index (κ2) is 9.30. The van der Waals surface area contributed by atoms with Gasteiger partial charge in [-0.05, 0) is 42.6 Å². The van der Waals surface area contributed by atoms with Gasteiger partial charge in [0.1, 0.15) is 22.9 Å². The number of thiophene rings is 1. The van der Waals surface area contributed by atoms with Crippen molar-refractivity contribution >= 4 is 28.4 Å². The lowest BCUT2D eigenvalue weighted by Crippen LogP contribution is -2.24. The number of nitrogens with one attached hydrogen (secondary N) is 1. The maximum absolute atomic E-state index is 14.4. The molecule has 0 fully saturated rings. The lowest BCUT2D eigenvalue weighted by Gasteiger charge is -2.12. The molecule has 3 heterocycles. The number of hydrogen-bond acceptors (Lipinski definition) is 6. The highest BCUT2D eigenvalue weighted by molar-refractivity contribution is 7.10. The van der Waals surface area contributed by atoms with E-state index in [4.69, 9.17) is 4.74 Å². The second-order valence-electron chi connectivity index (χ2n) is 7.89. The van der Waals surface area contributed by atoms with Crippen LogP contribution in [0.3, 0.4) is 0 Å². The van der Waals surface area contributed by atoms with Crippen LogP contribution in [0.1, 0.15) is 23.4 Å². The number of ether oxygens (including phenoxy) is 1. The first-order chi connectivity index (χ1) is 17.0. The van der Waals surface area contributed by atoms with E-state index in [2.05, 4.69) is 15.3 Å². The number of rotatable bonds is 7. The smallest absolute Gasteiger partial charge is 0.335 e. The van der Waals surface area contributed by atoms with Crippen LogP contribution >= 0.6 is 11.3 Å². The minimum atomic E-state index is -0.733. The monoisotopic (exact) mass is 493 g/mol. The van der Waals surface area contributed by atoms with Gasteiger partial charge in [-0.2, -0.15) is 4.98 Å². The zero-order chi connectivity index (χ0) is 24.5. The molecule has 1 N–H and O–H groups in total. The van der Waals surface area contributed by atoms with Crippen LogP contribution in [-0.2, 0) is 6.54 Å². The molecule has 7 nitrogen and oxygen atoms in total. The first kappa shape index (κ1) is 22.7. The summed E-state index contributed by atoms with van der Waals surface area (Å²) in [6.07, 6.45) is 1.49. The van der Waals surface area contributed by atoms with Gasteiger partial charge < -0.3 is 10.1 Å². The average molecular weight is 494 g/mol. The van der Waals surface area contributed by atoms with Crippen molar-refractivity contribution in [3.8, 4) is 11.4 Å². The van der Waals surface area contributed by atoms with E-state index in [0.29, 0.717) is 28.5 Å². The minimum absolute atomic E-state index is 0.0564. The Morgan fingerprint density at radius 1 is 1.11 bits per heavy atom. The number of nitrogens with zero attached hydrogens (tertiary/aromatic N) is 4. The zero-order valence-electron chi connectivity index (χ0n) is 18.9. The normalized spacial score (nSPS) is 12.1. The van der Waals surface area contributed by atoms with Gasteiger partial charge in [-0.25, -0.2) is 23.1 Å². The number of anilines is 1. The summed E-state index contributed by atoms with van der Waals surface area (Å²) in [4.78, 5) is 23.7. The molecule has 0 aliphatic heterocycles. The molecule has 0 amide bonds. The molecule has 35 heavy (non-hydrogen) atoms. The standard InChI is InChI=1S/C25H21F2N5O2S/c1-15(22-10-5-11-35-22)29-24-28-13-21-23(30-24)32(16-6-3-7-17(12-16)34-2)25(33)31(21)14-18-19(26)8-4-9-20(18)27/h3-13,15H,14H2,1-2H3,(H,28,29,30). The van der Waals surface area contributed by atoms with Crippen molar-refractivity contribution in [1.29, 1.82) is 0 Å². The molecule has 0 spiro atoms. The Morgan fingerprint density at radius 2 is 1.89 bits per heavy atom. The van der Waals surface area contributed by atoms with Crippen LogP contribution < -0.4 is 15.7 Å². The van der Waals surface area contributed by atoms with Crippen molar-refractivity contribution in [3.63, 3.8) is 0 Å². The summed E-state index contributed by atoms with van der Waals surface area (Å²) < 4.78 is 36.8. The summed E-state index contributed by atoms with van der Waals surface area (Å²) in [6, 6.07) is 14.5. The molecule has 0 saturated heterocycles. The van der Waals surface area contributed by atoms with Crippen LogP contribution in [0.2, 0.25) is 0 Å². The molecule has 1 atom stereocenters. The highest BCUT2D eigenvalue weighted by Crippen LogP contribution is 2.25. The number of imidazole rings is 1. The maximum Gasteiger partial charge on any atom is 0.335 e. The SMILES string of the molecule is COc1cccc(-n2c(=O)n(Cc3c(F)cccc3F)c3cnc(NC(C)c4cccs4)nc32)c1. The third-order valence-electron chi connectivity index (χ3n) is 5.68. The van der Waals surface area contributed by atoms with Crippen molar-refractivity contribution in [2.75, 3.05) is 12.4 Å². The summed E-state index contributed by atoms with van der Waals surface area (Å²) in [7, 11) is 1.53. The van der Waals surface area contributed by atoms with Crippen molar-refractivity contribution in [2.24, 2.45) is 0 Å². The molecule has 5 rings (SSSR count). The molecule has 3 aromatic heterocycles. The van der Waals surface area contributed by atoms with Gasteiger partial charge in [0.15, 0.2) is 5.65 Å². The highest BCUT2D eigenvalue weighted by Gasteiger charge is 2.21. The lowest BCUT2D eigenvalue weighted by atomic mass is 10.2. The minimum Gasteiger partial charge on any atom is -0.497 e. The van der Waals surface area contributed by atoms with Crippen LogP contribution in [0.4, 0.5) is 14.7 Å². The predicted molar refractivity (Wildman–Crippen MR) is 131 cm³/mol. The van der Waals surface area contributed by atoms with E-state index in [0.717, 1.165) is 17.0 Å². The van der Waals surface area contributed by atoms with Crippen molar-refractivity contribution in [2.45, 2.75) is 19.5 Å². The number of benzene rings is 2. The third kappa shape index (κ3) is 4.28. The van der Waals surface area contributed by atoms with Crippen LogP contribution in [0, 0.1) is 11.6 Å². The quantitative estimate of drug-likeness (QED) is 0.339. The Bertz CT molecular complexity index is 1540. The summed E-state index contributed by atoms with van der Waals surface area (Å²) in [6.45, 7) is 1.67. The number of fused-ring (bicyclic) bond motifs is 1. The van der Waals surface area contributed by atoms with E-state index < -0.39 is 17.3 Å². The van der Waals surface area contributed by atoms with Gasteiger partial charge in [0.05, 0.1) is 31.6 Å². The lowest BCUT2D eigenvalue weighted by molar-refractivity contribution is 0.414. The summed E-state index contributed by atoms with van der Waals surface area (Å²) >= 11 is 1.61. The fourth-order valence-electron chi connectivity index (χ4n) is 3.88. The molecule has 0 aliphatic rings. The Labute approximate surface area is 203 Å². The van der Waals surface area contributed by atoms with E-state index in [1.165, 1.54) is 28.5 Å². The molecule has 0 aliphatic carbocycles. The maximum atomic E-state index is 14.4. The number of halogens is 2. The number of hydrogen-bond donors (Lipinski definition) is 1. The van der Waals surface area contributed by atoms with Crippen molar-refractivity contribution in [1.82, 2.24) is 19.1 Å². The Hall–Kier alpha value is -4.05. The van der Waals surface area contributed by atoms with Crippen LogP contribution in [0.5, 0.6) is 5.75 Å². The molecule has 0 saturated carbocycles. The first-order valence-electron chi connectivity index (χ1n) is 10.8. The van der Waals surface area contributed by atoms with Gasteiger partial charge in [0, 0.05) is 16.5 Å². The Balaban J connectivity index is 1.67. The topological polar surface area (TPSA) is 74.0 Å². The molecular formula is C25H21F2N5O2S. The molecule has 178 valence electrons. The van der Waals surface area contributed by atoms with E-state index >= 15 is 0 Å². The zero-order valence-corrected chi connectivity index (χ0v) is 19.7. The molecule has 1 unspecified atom stereocenters. The molecule has 0 bridgehead atoms. The molecule has 10 heteroatoms. The van der Waals surface area contributed by atoms with E-state index in [9.17, 15) is 13.6 Å². The summed E-state index contributed by atoms with van der Waals surface area (Å²) in [5.74, 6) is -0.593. The summed E-state index contributed by atoms with van der Waals surface area (Å²) in [5.41, 5.74) is 0.426. The van der Waals surface area contributed by atoms with Gasteiger partial charge >= 0.3 is 5.69 Å². The average Bonchev–Trinajstić information content (AvgIpc) is 3.48. The molecule has 2 aromatic carbocycles. The van der Waals surface area contributed by atoms with Crippen LogP contribution in [0.25, 0.3) is 16.9 Å². The fourth-order valence-corrected chi connectivity index (χ4v) is 4.62. The van der Waals surface area contributed by atoms with Crippen LogP contribution in [0.15, 0.2) is 71.0 Å². The first-order valence-corrected chi connectivity index (χ1v) is 11.7. The van der Waals surface area contributed by atoms with Gasteiger partial charge in [-0.1, -0.05) is 18.2 Å². The predicted octanol–water partition coefficient (Wildman–Crippen LogP) is 5.15. The van der Waals surface area contributed by atoms with Crippen molar-refractivity contribution in [3.05, 3.63) is 98.7 Å². The largest absolute Gasteiger partial charge is 0.497 e.